The fraction of sp³-hybridized carbons (Fsp3) is 0.353. The molecule has 5 nitrogen and oxygen atoms in total. The van der Waals surface area contributed by atoms with Gasteiger partial charge >= 0.3 is 5.97 Å². The number of rotatable bonds is 4. The number of thiazole rings is 1. The molecular weight excluding hydrogens is 310 g/mol. The first kappa shape index (κ1) is 17.1. The van der Waals surface area contributed by atoms with Crippen LogP contribution in [0.4, 0.5) is 5.13 Å². The molecule has 23 heavy (non-hydrogen) atoms. The number of aryl methyl sites for hydroxylation is 1. The standard InChI is InChI=1S/C17H21N3O2S/c1-11-14(15(21)22-5)23-16(19-11)20-18-10-12-6-8-13(9-7-12)17(2,3)4/h6-10H,1-5H3,(H,19,20)/b18-10-. The Labute approximate surface area is 140 Å². The Morgan fingerprint density at radius 1 is 1.30 bits per heavy atom. The van der Waals surface area contributed by atoms with Crippen LogP contribution < -0.4 is 5.43 Å². The van der Waals surface area contributed by atoms with Crippen molar-refractivity contribution >= 4 is 28.7 Å². The summed E-state index contributed by atoms with van der Waals surface area (Å²) in [5.74, 6) is -0.380. The number of aromatic nitrogens is 1. The summed E-state index contributed by atoms with van der Waals surface area (Å²) in [5.41, 5.74) is 5.89. The van der Waals surface area contributed by atoms with Crippen LogP contribution in [0.2, 0.25) is 0 Å². The first-order valence-electron chi connectivity index (χ1n) is 7.26. The minimum absolute atomic E-state index is 0.136. The highest BCUT2D eigenvalue weighted by Crippen LogP contribution is 2.23. The van der Waals surface area contributed by atoms with Crippen molar-refractivity contribution in [3.05, 3.63) is 46.0 Å². The third-order valence-corrected chi connectivity index (χ3v) is 4.36. The van der Waals surface area contributed by atoms with Gasteiger partial charge in [0.05, 0.1) is 19.0 Å². The number of carbonyl (C=O) groups excluding carboxylic acids is 1. The maximum atomic E-state index is 11.5. The smallest absolute Gasteiger partial charge is 0.350 e. The lowest BCUT2D eigenvalue weighted by Gasteiger charge is -2.18. The Bertz CT molecular complexity index is 712. The molecule has 0 atom stereocenters. The SMILES string of the molecule is COC(=O)c1sc(N/N=C\c2ccc(C(C)(C)C)cc2)nc1C. The minimum Gasteiger partial charge on any atom is -0.465 e. The van der Waals surface area contributed by atoms with Gasteiger partial charge in [-0.25, -0.2) is 9.78 Å². The fourth-order valence-corrected chi connectivity index (χ4v) is 2.79. The van der Waals surface area contributed by atoms with E-state index < -0.39 is 0 Å². The molecule has 0 unspecified atom stereocenters. The van der Waals surface area contributed by atoms with Gasteiger partial charge in [0.15, 0.2) is 0 Å². The molecule has 1 heterocycles. The Morgan fingerprint density at radius 3 is 2.52 bits per heavy atom. The van der Waals surface area contributed by atoms with E-state index in [0.717, 1.165) is 5.56 Å². The second-order valence-electron chi connectivity index (χ2n) is 6.17. The zero-order chi connectivity index (χ0) is 17.0. The molecule has 0 spiro atoms. The average Bonchev–Trinajstić information content (AvgIpc) is 2.87. The van der Waals surface area contributed by atoms with Gasteiger partial charge in [-0.2, -0.15) is 5.10 Å². The number of hydrazone groups is 1. The van der Waals surface area contributed by atoms with Crippen molar-refractivity contribution in [1.82, 2.24) is 4.98 Å². The van der Waals surface area contributed by atoms with E-state index in [1.807, 2.05) is 12.1 Å². The summed E-state index contributed by atoms with van der Waals surface area (Å²) in [4.78, 5) is 16.3. The molecule has 6 heteroatoms. The molecule has 0 saturated carbocycles. The van der Waals surface area contributed by atoms with Gasteiger partial charge in [0.1, 0.15) is 4.88 Å². The van der Waals surface area contributed by atoms with Gasteiger partial charge in [0.2, 0.25) is 5.13 Å². The van der Waals surface area contributed by atoms with Crippen molar-refractivity contribution < 1.29 is 9.53 Å². The van der Waals surface area contributed by atoms with Gasteiger partial charge in [-0.15, -0.1) is 0 Å². The predicted molar refractivity (Wildman–Crippen MR) is 94.5 cm³/mol. The highest BCUT2D eigenvalue weighted by molar-refractivity contribution is 7.17. The number of nitrogens with one attached hydrogen (secondary N) is 1. The van der Waals surface area contributed by atoms with Gasteiger partial charge < -0.3 is 4.74 Å². The van der Waals surface area contributed by atoms with Gasteiger partial charge in [0.25, 0.3) is 0 Å². The normalized spacial score (nSPS) is 11.7. The number of esters is 1. The fourth-order valence-electron chi connectivity index (χ4n) is 1.96. The number of anilines is 1. The molecule has 0 radical (unpaired) electrons. The summed E-state index contributed by atoms with van der Waals surface area (Å²) in [5, 5.41) is 4.72. The molecule has 122 valence electrons. The Balaban J connectivity index is 2.03. The molecule has 0 amide bonds. The van der Waals surface area contributed by atoms with E-state index in [9.17, 15) is 4.79 Å². The van der Waals surface area contributed by atoms with E-state index in [4.69, 9.17) is 4.74 Å². The number of benzene rings is 1. The molecule has 0 fully saturated rings. The van der Waals surface area contributed by atoms with Crippen LogP contribution in [0, 0.1) is 6.92 Å². The van der Waals surface area contributed by atoms with Crippen LogP contribution in [0.3, 0.4) is 0 Å². The number of hydrogen-bond acceptors (Lipinski definition) is 6. The molecule has 0 aliphatic heterocycles. The van der Waals surface area contributed by atoms with E-state index in [-0.39, 0.29) is 11.4 Å². The number of hydrogen-bond donors (Lipinski definition) is 1. The van der Waals surface area contributed by atoms with Crippen molar-refractivity contribution in [2.45, 2.75) is 33.1 Å². The van der Waals surface area contributed by atoms with Gasteiger partial charge in [-0.1, -0.05) is 56.4 Å². The topological polar surface area (TPSA) is 63.6 Å². The Hall–Kier alpha value is -2.21. The van der Waals surface area contributed by atoms with Crippen molar-refractivity contribution in [3.8, 4) is 0 Å². The molecule has 1 aromatic heterocycles. The van der Waals surface area contributed by atoms with Crippen molar-refractivity contribution in [2.75, 3.05) is 12.5 Å². The molecule has 1 N–H and O–H groups in total. The number of methoxy groups -OCH3 is 1. The zero-order valence-electron chi connectivity index (χ0n) is 14.0. The summed E-state index contributed by atoms with van der Waals surface area (Å²) < 4.78 is 4.71. The molecule has 1 aromatic carbocycles. The maximum absolute atomic E-state index is 11.5. The molecule has 2 rings (SSSR count). The average molecular weight is 331 g/mol. The van der Waals surface area contributed by atoms with Crippen molar-refractivity contribution in [3.63, 3.8) is 0 Å². The van der Waals surface area contributed by atoms with Crippen molar-refractivity contribution in [1.29, 1.82) is 0 Å². The highest BCUT2D eigenvalue weighted by Gasteiger charge is 2.15. The second kappa shape index (κ2) is 6.91. The maximum Gasteiger partial charge on any atom is 0.350 e. The first-order valence-corrected chi connectivity index (χ1v) is 8.08. The summed E-state index contributed by atoms with van der Waals surface area (Å²) >= 11 is 1.22. The summed E-state index contributed by atoms with van der Waals surface area (Å²) in [6.07, 6.45) is 1.72. The number of ether oxygens (including phenoxy) is 1. The third kappa shape index (κ3) is 4.39. The Kier molecular flexibility index (Phi) is 5.15. The molecule has 0 bridgehead atoms. The van der Waals surface area contributed by atoms with Crippen LogP contribution in [0.5, 0.6) is 0 Å². The lowest BCUT2D eigenvalue weighted by atomic mass is 9.87. The Morgan fingerprint density at radius 2 is 1.96 bits per heavy atom. The summed E-state index contributed by atoms with van der Waals surface area (Å²) in [6, 6.07) is 8.26. The van der Waals surface area contributed by atoms with Gasteiger partial charge in [-0.05, 0) is 23.5 Å². The minimum atomic E-state index is -0.380. The quantitative estimate of drug-likeness (QED) is 0.523. The lowest BCUT2D eigenvalue weighted by Crippen LogP contribution is -2.10. The number of nitrogens with zero attached hydrogens (tertiary/aromatic N) is 2. The van der Waals surface area contributed by atoms with Crippen LogP contribution in [0.25, 0.3) is 0 Å². The number of carbonyl (C=O) groups is 1. The van der Waals surface area contributed by atoms with Crippen LogP contribution >= 0.6 is 11.3 Å². The van der Waals surface area contributed by atoms with Crippen LogP contribution in [0.1, 0.15) is 47.3 Å². The molecule has 2 aromatic rings. The predicted octanol–water partition coefficient (Wildman–Crippen LogP) is 3.98. The summed E-state index contributed by atoms with van der Waals surface area (Å²) in [7, 11) is 1.36. The molecular formula is C17H21N3O2S. The van der Waals surface area contributed by atoms with Crippen LogP contribution in [-0.2, 0) is 10.2 Å². The third-order valence-electron chi connectivity index (χ3n) is 3.32. The zero-order valence-corrected chi connectivity index (χ0v) is 14.8. The second-order valence-corrected chi connectivity index (χ2v) is 7.17. The first-order chi connectivity index (χ1) is 10.8. The van der Waals surface area contributed by atoms with E-state index in [2.05, 4.69) is 48.4 Å². The van der Waals surface area contributed by atoms with Gasteiger partial charge in [0, 0.05) is 0 Å². The molecule has 0 saturated heterocycles. The van der Waals surface area contributed by atoms with Crippen LogP contribution in [0.15, 0.2) is 29.4 Å². The monoisotopic (exact) mass is 331 g/mol. The molecule has 0 aliphatic carbocycles. The van der Waals surface area contributed by atoms with Gasteiger partial charge in [-0.3, -0.25) is 5.43 Å². The highest BCUT2D eigenvalue weighted by atomic mass is 32.1. The molecule has 0 aliphatic rings. The van der Waals surface area contributed by atoms with E-state index in [1.54, 1.807) is 13.1 Å². The van der Waals surface area contributed by atoms with E-state index in [0.29, 0.717) is 15.7 Å². The largest absolute Gasteiger partial charge is 0.465 e. The lowest BCUT2D eigenvalue weighted by molar-refractivity contribution is 0.0605. The van der Waals surface area contributed by atoms with E-state index in [1.165, 1.54) is 24.0 Å². The van der Waals surface area contributed by atoms with Crippen LogP contribution in [-0.4, -0.2) is 24.3 Å². The van der Waals surface area contributed by atoms with Crippen molar-refractivity contribution in [2.24, 2.45) is 5.10 Å². The summed E-state index contributed by atoms with van der Waals surface area (Å²) in [6.45, 7) is 8.31. The van der Waals surface area contributed by atoms with E-state index >= 15 is 0 Å².